The van der Waals surface area contributed by atoms with Crippen LogP contribution in [-0.2, 0) is 15.6 Å². The number of carbonyl (C=O) groups is 1. The van der Waals surface area contributed by atoms with E-state index in [-0.39, 0.29) is 22.0 Å². The fraction of sp³-hybridized carbons (Fsp3) is 0.0455. The van der Waals surface area contributed by atoms with Gasteiger partial charge in [-0.25, -0.2) is 18.4 Å². The van der Waals surface area contributed by atoms with Gasteiger partial charge in [-0.1, -0.05) is 48.5 Å². The second-order valence-corrected chi connectivity index (χ2v) is 8.45. The molecule has 0 aliphatic rings. The second-order valence-electron chi connectivity index (χ2n) is 6.46. The minimum Gasteiger partial charge on any atom is -0.459 e. The molecule has 0 bridgehead atoms. The maximum absolute atomic E-state index is 12.6. The van der Waals surface area contributed by atoms with Gasteiger partial charge in [-0.15, -0.1) is 0 Å². The molecule has 30 heavy (non-hydrogen) atoms. The molecule has 4 aromatic rings. The van der Waals surface area contributed by atoms with Crippen molar-refractivity contribution in [2.24, 2.45) is 0 Å². The SMILES string of the molecule is O=C(Nc1cnc(-c2ccccc2)nc1)c1occc1CS(=O)(=O)c1ccccc1. The molecule has 0 fully saturated rings. The van der Waals surface area contributed by atoms with Crippen molar-refractivity contribution >= 4 is 21.4 Å². The first-order valence-corrected chi connectivity index (χ1v) is 10.7. The number of carbonyl (C=O) groups excluding carboxylic acids is 1. The fourth-order valence-corrected chi connectivity index (χ4v) is 4.26. The molecule has 7 nitrogen and oxygen atoms in total. The first-order chi connectivity index (χ1) is 14.5. The summed E-state index contributed by atoms with van der Waals surface area (Å²) in [6.45, 7) is 0. The molecule has 0 unspecified atom stereocenters. The largest absolute Gasteiger partial charge is 0.459 e. The Morgan fingerprint density at radius 1 is 0.900 bits per heavy atom. The lowest BCUT2D eigenvalue weighted by atomic mass is 10.2. The quantitative estimate of drug-likeness (QED) is 0.507. The van der Waals surface area contributed by atoms with Crippen molar-refractivity contribution in [1.29, 1.82) is 0 Å². The van der Waals surface area contributed by atoms with Gasteiger partial charge in [0, 0.05) is 11.1 Å². The normalized spacial score (nSPS) is 11.2. The van der Waals surface area contributed by atoms with E-state index >= 15 is 0 Å². The van der Waals surface area contributed by atoms with Crippen molar-refractivity contribution < 1.29 is 17.6 Å². The fourth-order valence-electron chi connectivity index (χ4n) is 2.88. The molecule has 2 heterocycles. The Labute approximate surface area is 173 Å². The van der Waals surface area contributed by atoms with Gasteiger partial charge in [0.05, 0.1) is 35.0 Å². The lowest BCUT2D eigenvalue weighted by Gasteiger charge is -2.07. The number of furan rings is 1. The zero-order valence-corrected chi connectivity index (χ0v) is 16.5. The van der Waals surface area contributed by atoms with Crippen LogP contribution in [0.15, 0.2) is 94.7 Å². The van der Waals surface area contributed by atoms with Crippen LogP contribution in [0.25, 0.3) is 11.4 Å². The average Bonchev–Trinajstić information content (AvgIpc) is 3.23. The third-order valence-electron chi connectivity index (χ3n) is 4.34. The van der Waals surface area contributed by atoms with Crippen molar-refractivity contribution in [3.63, 3.8) is 0 Å². The number of aromatic nitrogens is 2. The highest BCUT2D eigenvalue weighted by Gasteiger charge is 2.22. The highest BCUT2D eigenvalue weighted by molar-refractivity contribution is 7.90. The molecule has 8 heteroatoms. The van der Waals surface area contributed by atoms with E-state index in [0.717, 1.165) is 5.56 Å². The Bertz CT molecular complexity index is 1250. The number of nitrogens with one attached hydrogen (secondary N) is 1. The van der Waals surface area contributed by atoms with Crippen LogP contribution in [0.4, 0.5) is 5.69 Å². The number of amides is 1. The van der Waals surface area contributed by atoms with Crippen LogP contribution in [0.1, 0.15) is 16.1 Å². The smallest absolute Gasteiger partial charge is 0.291 e. The van der Waals surface area contributed by atoms with Gasteiger partial charge in [0.15, 0.2) is 21.4 Å². The summed E-state index contributed by atoms with van der Waals surface area (Å²) in [4.78, 5) is 21.3. The summed E-state index contributed by atoms with van der Waals surface area (Å²) in [6.07, 6.45) is 4.26. The van der Waals surface area contributed by atoms with Gasteiger partial charge in [0.1, 0.15) is 0 Å². The van der Waals surface area contributed by atoms with Gasteiger partial charge in [-0.2, -0.15) is 0 Å². The highest BCUT2D eigenvalue weighted by atomic mass is 32.2. The predicted molar refractivity (Wildman–Crippen MR) is 111 cm³/mol. The lowest BCUT2D eigenvalue weighted by Crippen LogP contribution is -2.15. The number of sulfone groups is 1. The molecule has 150 valence electrons. The molecule has 2 aromatic heterocycles. The molecule has 0 aliphatic carbocycles. The lowest BCUT2D eigenvalue weighted by molar-refractivity contribution is 0.0995. The third-order valence-corrected chi connectivity index (χ3v) is 6.02. The molecule has 2 aromatic carbocycles. The number of anilines is 1. The average molecular weight is 419 g/mol. The first-order valence-electron chi connectivity index (χ1n) is 9.06. The van der Waals surface area contributed by atoms with Gasteiger partial charge in [0.2, 0.25) is 0 Å². The minimum atomic E-state index is -3.61. The van der Waals surface area contributed by atoms with Crippen LogP contribution in [0.3, 0.4) is 0 Å². The van der Waals surface area contributed by atoms with E-state index in [4.69, 9.17) is 4.42 Å². The van der Waals surface area contributed by atoms with E-state index in [0.29, 0.717) is 11.5 Å². The van der Waals surface area contributed by atoms with Gasteiger partial charge in [-0.3, -0.25) is 4.79 Å². The first kappa shape index (κ1) is 19.5. The number of rotatable bonds is 6. The molecule has 1 N–H and O–H groups in total. The standard InChI is InChI=1S/C22H17N3O4S/c26-22(25-18-13-23-21(24-14-18)16-7-3-1-4-8-16)20-17(11-12-29-20)15-30(27,28)19-9-5-2-6-10-19/h1-14H,15H2,(H,25,26). The molecule has 0 saturated carbocycles. The summed E-state index contributed by atoms with van der Waals surface area (Å²) in [7, 11) is -3.61. The van der Waals surface area contributed by atoms with E-state index in [1.165, 1.54) is 36.9 Å². The molecule has 0 radical (unpaired) electrons. The minimum absolute atomic E-state index is 0.0679. The zero-order valence-electron chi connectivity index (χ0n) is 15.7. The van der Waals surface area contributed by atoms with Crippen molar-refractivity contribution in [2.45, 2.75) is 10.6 Å². The zero-order chi connectivity index (χ0) is 21.0. The Morgan fingerprint density at radius 2 is 1.53 bits per heavy atom. The van der Waals surface area contributed by atoms with E-state index in [9.17, 15) is 13.2 Å². The Kier molecular flexibility index (Phi) is 5.40. The van der Waals surface area contributed by atoms with Gasteiger partial charge >= 0.3 is 0 Å². The Balaban J connectivity index is 1.50. The van der Waals surface area contributed by atoms with E-state index in [1.54, 1.807) is 18.2 Å². The summed E-state index contributed by atoms with van der Waals surface area (Å²) >= 11 is 0. The van der Waals surface area contributed by atoms with Crippen LogP contribution in [-0.4, -0.2) is 24.3 Å². The number of benzene rings is 2. The molecule has 1 amide bonds. The highest BCUT2D eigenvalue weighted by Crippen LogP contribution is 2.21. The van der Waals surface area contributed by atoms with Crippen molar-refractivity contribution in [3.05, 3.63) is 96.7 Å². The predicted octanol–water partition coefficient (Wildman–Crippen LogP) is 3.96. The molecule has 4 rings (SSSR count). The van der Waals surface area contributed by atoms with Crippen molar-refractivity contribution in [1.82, 2.24) is 9.97 Å². The Morgan fingerprint density at radius 3 is 2.20 bits per heavy atom. The van der Waals surface area contributed by atoms with Crippen LogP contribution >= 0.6 is 0 Å². The molecule has 0 atom stereocenters. The maximum Gasteiger partial charge on any atom is 0.291 e. The monoisotopic (exact) mass is 419 g/mol. The van der Waals surface area contributed by atoms with Crippen LogP contribution in [0.5, 0.6) is 0 Å². The van der Waals surface area contributed by atoms with E-state index in [2.05, 4.69) is 15.3 Å². The number of hydrogen-bond donors (Lipinski definition) is 1. The van der Waals surface area contributed by atoms with Gasteiger partial charge in [0.25, 0.3) is 5.91 Å². The summed E-state index contributed by atoms with van der Waals surface area (Å²) in [6, 6.07) is 19.0. The molecular formula is C22H17N3O4S. The Hall–Kier alpha value is -3.78. The molecule has 0 aliphatic heterocycles. The van der Waals surface area contributed by atoms with Crippen molar-refractivity contribution in [3.8, 4) is 11.4 Å². The molecule has 0 spiro atoms. The van der Waals surface area contributed by atoms with Crippen LogP contribution in [0.2, 0.25) is 0 Å². The molecular weight excluding hydrogens is 402 g/mol. The third kappa shape index (κ3) is 4.28. The second kappa shape index (κ2) is 8.30. The van der Waals surface area contributed by atoms with Gasteiger partial charge in [-0.05, 0) is 18.2 Å². The topological polar surface area (TPSA) is 102 Å². The van der Waals surface area contributed by atoms with Crippen molar-refractivity contribution in [2.75, 3.05) is 5.32 Å². The summed E-state index contributed by atoms with van der Waals surface area (Å²) in [5.74, 6) is -0.461. The maximum atomic E-state index is 12.6. The molecule has 0 saturated heterocycles. The number of hydrogen-bond acceptors (Lipinski definition) is 6. The van der Waals surface area contributed by atoms with Crippen LogP contribution in [0, 0.1) is 0 Å². The summed E-state index contributed by atoms with van der Waals surface area (Å²) in [5.41, 5.74) is 1.50. The van der Waals surface area contributed by atoms with E-state index in [1.807, 2.05) is 30.3 Å². The van der Waals surface area contributed by atoms with Crippen LogP contribution < -0.4 is 5.32 Å². The summed E-state index contributed by atoms with van der Waals surface area (Å²) in [5, 5.41) is 2.64. The summed E-state index contributed by atoms with van der Waals surface area (Å²) < 4.78 is 30.5. The van der Waals surface area contributed by atoms with E-state index < -0.39 is 15.7 Å². The number of nitrogens with zero attached hydrogens (tertiary/aromatic N) is 2. The van der Waals surface area contributed by atoms with Gasteiger partial charge < -0.3 is 9.73 Å².